The van der Waals surface area contributed by atoms with Crippen LogP contribution in [0.3, 0.4) is 0 Å². The molecule has 0 aromatic heterocycles. The topological polar surface area (TPSA) is 237 Å². The predicted octanol–water partition coefficient (Wildman–Crippen LogP) is 17.0. The number of ether oxygens (including phenoxy) is 4. The van der Waals surface area contributed by atoms with Crippen molar-refractivity contribution in [1.82, 2.24) is 0 Å². The van der Waals surface area contributed by atoms with Crippen LogP contribution in [-0.2, 0) is 65.4 Å². The summed E-state index contributed by atoms with van der Waals surface area (Å²) in [7, 11) is -9.89. The molecule has 3 unspecified atom stereocenters. The zero-order valence-corrected chi connectivity index (χ0v) is 54.9. The first-order valence-corrected chi connectivity index (χ1v) is 35.7. The number of hydrogen-bond donors (Lipinski definition) is 3. The molecule has 0 aliphatic rings. The number of unbranched alkanes of at least 4 members (excludes halogenated alkanes) is 25. The maximum absolute atomic E-state index is 12.9. The van der Waals surface area contributed by atoms with Crippen LogP contribution in [0.4, 0.5) is 0 Å². The van der Waals surface area contributed by atoms with Crippen molar-refractivity contribution in [3.63, 3.8) is 0 Å². The van der Waals surface area contributed by atoms with Gasteiger partial charge in [-0.2, -0.15) is 0 Å². The minimum atomic E-state index is -4.94. The summed E-state index contributed by atoms with van der Waals surface area (Å²) >= 11 is 0. The molecule has 0 spiro atoms. The summed E-state index contributed by atoms with van der Waals surface area (Å²) in [5.74, 6) is 0.692. The second-order valence-corrected chi connectivity index (χ2v) is 27.4. The van der Waals surface area contributed by atoms with Crippen LogP contribution in [0.1, 0.15) is 299 Å². The molecule has 0 saturated carbocycles. The minimum Gasteiger partial charge on any atom is -0.462 e. The summed E-state index contributed by atoms with van der Waals surface area (Å²) in [6.45, 7) is 13.9. The van der Waals surface area contributed by atoms with Gasteiger partial charge in [-0.1, -0.05) is 248 Å². The fourth-order valence-electron chi connectivity index (χ4n) is 9.22. The van der Waals surface area contributed by atoms with Gasteiger partial charge in [0.2, 0.25) is 0 Å². The highest BCUT2D eigenvalue weighted by Crippen LogP contribution is 2.45. The van der Waals surface area contributed by atoms with Gasteiger partial charge < -0.3 is 33.8 Å². The number of rotatable bonds is 60. The molecule has 6 atom stereocenters. The van der Waals surface area contributed by atoms with Gasteiger partial charge in [-0.3, -0.25) is 37.3 Å². The van der Waals surface area contributed by atoms with Gasteiger partial charge in [0.15, 0.2) is 12.2 Å². The summed E-state index contributed by atoms with van der Waals surface area (Å²) in [5.41, 5.74) is 0. The first-order chi connectivity index (χ1) is 39.1. The van der Waals surface area contributed by atoms with E-state index in [1.54, 1.807) is 0 Å². The molecule has 0 aliphatic heterocycles. The van der Waals surface area contributed by atoms with Crippen molar-refractivity contribution in [3.05, 3.63) is 0 Å². The summed E-state index contributed by atoms with van der Waals surface area (Å²) in [4.78, 5) is 72.1. The number of carbonyl (C=O) groups excluding carboxylic acids is 4. The van der Waals surface area contributed by atoms with Gasteiger partial charge in [-0.05, 0) is 49.4 Å². The van der Waals surface area contributed by atoms with E-state index in [-0.39, 0.29) is 25.7 Å². The van der Waals surface area contributed by atoms with Crippen molar-refractivity contribution in [2.45, 2.75) is 318 Å². The van der Waals surface area contributed by atoms with Gasteiger partial charge in [0.25, 0.3) is 0 Å². The molecular weight excluding hydrogens is 1090 g/mol. The Balaban J connectivity index is 5.21. The molecule has 82 heavy (non-hydrogen) atoms. The Labute approximate surface area is 498 Å². The minimum absolute atomic E-state index is 0.100. The highest BCUT2D eigenvalue weighted by atomic mass is 31.2. The van der Waals surface area contributed by atoms with E-state index in [0.717, 1.165) is 108 Å². The molecule has 0 rings (SSSR count). The van der Waals surface area contributed by atoms with E-state index in [4.69, 9.17) is 37.0 Å². The molecule has 0 aliphatic carbocycles. The van der Waals surface area contributed by atoms with E-state index in [0.29, 0.717) is 37.5 Å². The van der Waals surface area contributed by atoms with E-state index in [1.165, 1.54) is 96.3 Å². The highest BCUT2D eigenvalue weighted by molar-refractivity contribution is 7.47. The second kappa shape index (κ2) is 53.3. The van der Waals surface area contributed by atoms with Gasteiger partial charge >= 0.3 is 39.5 Å². The van der Waals surface area contributed by atoms with Crippen molar-refractivity contribution >= 4 is 39.5 Å². The summed E-state index contributed by atoms with van der Waals surface area (Å²) in [6, 6.07) is 0. The lowest BCUT2D eigenvalue weighted by molar-refractivity contribution is -0.161. The molecule has 0 saturated heterocycles. The van der Waals surface area contributed by atoms with Crippen LogP contribution in [0.5, 0.6) is 0 Å². The van der Waals surface area contributed by atoms with Crippen LogP contribution in [0, 0.1) is 23.7 Å². The normalized spacial score (nSPS) is 14.8. The molecule has 486 valence electrons. The monoisotopic (exact) mass is 1210 g/mol. The quantitative estimate of drug-likeness (QED) is 0.0222. The Morgan fingerprint density at radius 1 is 0.341 bits per heavy atom. The Bertz CT molecular complexity index is 1650. The van der Waals surface area contributed by atoms with Crippen molar-refractivity contribution in [2.24, 2.45) is 23.7 Å². The molecule has 19 heteroatoms. The lowest BCUT2D eigenvalue weighted by Gasteiger charge is -2.21. The molecular formula is C63H122O17P2. The first kappa shape index (κ1) is 80.1. The SMILES string of the molecule is CCC(C)CCCCCCCCC(=O)OC[C@H](COP(=O)(O)OC[C@H](O)COP(=O)(O)OC[C@@H](COC(=O)CCCCCCCCCCCCCC(C)C)OC(=O)CCCCCCCCC(C)C)OC(=O)CCCCCCCCC(C)C. The zero-order chi connectivity index (χ0) is 61.1. The van der Waals surface area contributed by atoms with Crippen LogP contribution in [0.15, 0.2) is 0 Å². The Morgan fingerprint density at radius 2 is 0.585 bits per heavy atom. The van der Waals surface area contributed by atoms with E-state index in [1.807, 2.05) is 0 Å². The molecule has 17 nitrogen and oxygen atoms in total. The van der Waals surface area contributed by atoms with Crippen molar-refractivity contribution in [2.75, 3.05) is 39.6 Å². The van der Waals surface area contributed by atoms with Crippen molar-refractivity contribution < 1.29 is 80.2 Å². The fourth-order valence-corrected chi connectivity index (χ4v) is 10.8. The van der Waals surface area contributed by atoms with Crippen LogP contribution >= 0.6 is 15.6 Å². The van der Waals surface area contributed by atoms with Gasteiger partial charge in [-0.25, -0.2) is 9.13 Å². The van der Waals surface area contributed by atoms with Crippen molar-refractivity contribution in [3.8, 4) is 0 Å². The average molecular weight is 1210 g/mol. The lowest BCUT2D eigenvalue weighted by atomic mass is 10.00. The molecule has 0 radical (unpaired) electrons. The van der Waals surface area contributed by atoms with E-state index in [2.05, 4.69) is 55.4 Å². The van der Waals surface area contributed by atoms with Gasteiger partial charge in [0, 0.05) is 25.7 Å². The van der Waals surface area contributed by atoms with Gasteiger partial charge in [0.05, 0.1) is 26.4 Å². The molecule has 0 bridgehead atoms. The number of aliphatic hydroxyl groups is 1. The number of phosphoric ester groups is 2. The molecule has 0 heterocycles. The van der Waals surface area contributed by atoms with E-state index in [9.17, 15) is 43.2 Å². The number of hydrogen-bond acceptors (Lipinski definition) is 15. The summed E-state index contributed by atoms with van der Waals surface area (Å²) < 4.78 is 67.9. The van der Waals surface area contributed by atoms with Crippen LogP contribution in [0.2, 0.25) is 0 Å². The van der Waals surface area contributed by atoms with E-state index >= 15 is 0 Å². The molecule has 0 fully saturated rings. The third-order valence-corrected chi connectivity index (χ3v) is 16.6. The number of carbonyl (C=O) groups is 4. The molecule has 0 aromatic carbocycles. The maximum Gasteiger partial charge on any atom is 0.472 e. The Hall–Kier alpha value is -1.94. The van der Waals surface area contributed by atoms with Gasteiger partial charge in [0.1, 0.15) is 19.3 Å². The van der Waals surface area contributed by atoms with Crippen LogP contribution < -0.4 is 0 Å². The summed E-state index contributed by atoms with van der Waals surface area (Å²) in [6.07, 6.45) is 32.5. The standard InChI is InChI=1S/C63H122O17P2/c1-9-56(8)42-34-26-19-22-28-36-44-61(66)74-50-59(80-63(68)46-38-30-21-18-25-33-41-55(6)7)52-78-82(71,72)76-48-57(64)47-75-81(69,70)77-51-58(79-62(67)45-37-29-20-17-24-32-40-54(4)5)49-73-60(65)43-35-27-16-14-12-10-11-13-15-23-31-39-53(2)3/h53-59,64H,9-52H2,1-8H3,(H,69,70)(H,71,72)/t56?,57-,58-,59-/m1/s1. The zero-order valence-electron chi connectivity index (χ0n) is 53.1. The van der Waals surface area contributed by atoms with Crippen molar-refractivity contribution in [1.29, 1.82) is 0 Å². The highest BCUT2D eigenvalue weighted by Gasteiger charge is 2.30. The predicted molar refractivity (Wildman–Crippen MR) is 326 cm³/mol. The number of aliphatic hydroxyl groups excluding tert-OH is 1. The third kappa shape index (κ3) is 55.9. The maximum atomic E-state index is 12.9. The van der Waals surface area contributed by atoms with Gasteiger partial charge in [-0.15, -0.1) is 0 Å². The molecule has 0 aromatic rings. The molecule has 0 amide bonds. The number of phosphoric acid groups is 2. The fraction of sp³-hybridized carbons (Fsp3) is 0.937. The van der Waals surface area contributed by atoms with Crippen LogP contribution in [-0.4, -0.2) is 96.7 Å². The largest absolute Gasteiger partial charge is 0.472 e. The first-order valence-electron chi connectivity index (χ1n) is 32.7. The lowest BCUT2D eigenvalue weighted by Crippen LogP contribution is -2.30. The second-order valence-electron chi connectivity index (χ2n) is 24.5. The van der Waals surface area contributed by atoms with E-state index < -0.39 is 97.5 Å². The van der Waals surface area contributed by atoms with Crippen LogP contribution in [0.25, 0.3) is 0 Å². The smallest absolute Gasteiger partial charge is 0.462 e. The third-order valence-electron chi connectivity index (χ3n) is 14.7. The average Bonchev–Trinajstić information content (AvgIpc) is 3.44. The Kier molecular flexibility index (Phi) is 52.0. The number of esters is 4. The molecule has 3 N–H and O–H groups in total. The Morgan fingerprint density at radius 3 is 0.866 bits per heavy atom. The summed E-state index contributed by atoms with van der Waals surface area (Å²) in [5, 5.41) is 10.5.